The van der Waals surface area contributed by atoms with Crippen molar-refractivity contribution in [3.8, 4) is 0 Å². The fraction of sp³-hybridized carbons (Fsp3) is 0.357. The van der Waals surface area contributed by atoms with Crippen molar-refractivity contribution in [2.45, 2.75) is 29.7 Å². The molecular formula is C14H19N3O4S2. The van der Waals surface area contributed by atoms with Crippen LogP contribution in [0.2, 0.25) is 0 Å². The molecule has 2 rings (SSSR count). The molecule has 9 heteroatoms. The van der Waals surface area contributed by atoms with Gasteiger partial charge in [-0.3, -0.25) is 4.68 Å². The first kappa shape index (κ1) is 17.5. The molecule has 126 valence electrons. The second-order valence-corrected chi connectivity index (χ2v) is 9.63. The number of hydrogen-bond acceptors (Lipinski definition) is 6. The summed E-state index contributed by atoms with van der Waals surface area (Å²) in [7, 11) is -7.09. The van der Waals surface area contributed by atoms with Gasteiger partial charge in [-0.25, -0.2) is 16.8 Å². The number of hydrogen-bond donors (Lipinski definition) is 1. The quantitative estimate of drug-likeness (QED) is 0.879. The molecule has 1 N–H and O–H groups in total. The molecule has 2 aromatic rings. The highest BCUT2D eigenvalue weighted by molar-refractivity contribution is 7.91. The number of anilines is 2. The highest BCUT2D eigenvalue weighted by atomic mass is 32.2. The smallest absolute Gasteiger partial charge is 0.177 e. The van der Waals surface area contributed by atoms with Crippen molar-refractivity contribution in [2.24, 2.45) is 0 Å². The molecule has 1 heterocycles. The van der Waals surface area contributed by atoms with Crippen LogP contribution in [0.15, 0.2) is 40.4 Å². The lowest BCUT2D eigenvalue weighted by Gasteiger charge is -2.11. The number of benzene rings is 1. The minimum atomic E-state index is -3.60. The van der Waals surface area contributed by atoms with Crippen LogP contribution in [0.25, 0.3) is 0 Å². The van der Waals surface area contributed by atoms with Gasteiger partial charge in [0.25, 0.3) is 0 Å². The monoisotopic (exact) mass is 357 g/mol. The van der Waals surface area contributed by atoms with Crippen molar-refractivity contribution in [1.82, 2.24) is 9.78 Å². The molecule has 0 aliphatic rings. The second-order valence-electron chi connectivity index (χ2n) is 5.63. The van der Waals surface area contributed by atoms with E-state index in [-0.39, 0.29) is 15.8 Å². The maximum Gasteiger partial charge on any atom is 0.177 e. The lowest BCUT2D eigenvalue weighted by atomic mass is 10.3. The topological polar surface area (TPSA) is 98.1 Å². The van der Waals surface area contributed by atoms with Crippen LogP contribution >= 0.6 is 0 Å². The van der Waals surface area contributed by atoms with Crippen molar-refractivity contribution < 1.29 is 16.8 Å². The van der Waals surface area contributed by atoms with Crippen LogP contribution in [-0.4, -0.2) is 39.1 Å². The summed E-state index contributed by atoms with van der Waals surface area (Å²) in [5.41, 5.74) is 0.930. The van der Waals surface area contributed by atoms with E-state index in [9.17, 15) is 16.8 Å². The number of rotatable bonds is 5. The lowest BCUT2D eigenvalue weighted by molar-refractivity contribution is 0.532. The summed E-state index contributed by atoms with van der Waals surface area (Å²) < 4.78 is 49.0. The number of nitrogens with zero attached hydrogens (tertiary/aromatic N) is 2. The predicted molar refractivity (Wildman–Crippen MR) is 88.6 cm³/mol. The molecule has 0 saturated carbocycles. The summed E-state index contributed by atoms with van der Waals surface area (Å²) in [6, 6.07) is 4.16. The van der Waals surface area contributed by atoms with Crippen LogP contribution in [0.5, 0.6) is 0 Å². The molecule has 0 unspecified atom stereocenters. The van der Waals surface area contributed by atoms with E-state index >= 15 is 0 Å². The van der Waals surface area contributed by atoms with E-state index in [0.717, 1.165) is 12.5 Å². The third kappa shape index (κ3) is 4.11. The van der Waals surface area contributed by atoms with E-state index in [1.807, 2.05) is 13.8 Å². The van der Waals surface area contributed by atoms with E-state index in [2.05, 4.69) is 10.4 Å². The van der Waals surface area contributed by atoms with Gasteiger partial charge in [-0.2, -0.15) is 5.10 Å². The Labute approximate surface area is 136 Å². The van der Waals surface area contributed by atoms with Gasteiger partial charge in [0.05, 0.1) is 27.4 Å². The van der Waals surface area contributed by atoms with Gasteiger partial charge >= 0.3 is 0 Å². The largest absolute Gasteiger partial charge is 0.352 e. The Balaban J connectivity index is 2.49. The zero-order chi connectivity index (χ0) is 17.4. The van der Waals surface area contributed by atoms with E-state index in [1.165, 1.54) is 18.2 Å². The maximum absolute atomic E-state index is 12.0. The molecule has 0 amide bonds. The summed E-state index contributed by atoms with van der Waals surface area (Å²) >= 11 is 0. The first-order valence-corrected chi connectivity index (χ1v) is 10.6. The van der Waals surface area contributed by atoms with E-state index in [0.29, 0.717) is 11.4 Å². The zero-order valence-electron chi connectivity index (χ0n) is 13.3. The average molecular weight is 357 g/mol. The summed E-state index contributed by atoms with van der Waals surface area (Å²) in [5.74, 6) is 0. The van der Waals surface area contributed by atoms with Crippen LogP contribution in [0.1, 0.15) is 19.9 Å². The fourth-order valence-corrected chi connectivity index (χ4v) is 3.57. The van der Waals surface area contributed by atoms with Crippen molar-refractivity contribution >= 4 is 31.0 Å². The highest BCUT2D eigenvalue weighted by Crippen LogP contribution is 2.28. The van der Waals surface area contributed by atoms with Gasteiger partial charge in [-0.1, -0.05) is 0 Å². The Kier molecular flexibility index (Phi) is 4.54. The third-order valence-corrected chi connectivity index (χ3v) is 5.44. The van der Waals surface area contributed by atoms with Gasteiger partial charge in [-0.05, 0) is 32.0 Å². The molecule has 0 radical (unpaired) electrons. The standard InChI is InChI=1S/C14H19N3O4S2/c1-10(2)17-9-11(8-15-17)16-13-6-5-12(22(3,18)19)7-14(13)23(4,20)21/h5-10,16H,1-4H3. The minimum absolute atomic E-state index is 0.0404. The van der Waals surface area contributed by atoms with Gasteiger partial charge in [0.15, 0.2) is 19.7 Å². The Bertz CT molecular complexity index is 929. The minimum Gasteiger partial charge on any atom is -0.352 e. The molecule has 0 aliphatic heterocycles. The summed E-state index contributed by atoms with van der Waals surface area (Å²) in [6.45, 7) is 3.94. The van der Waals surface area contributed by atoms with Crippen molar-refractivity contribution in [1.29, 1.82) is 0 Å². The van der Waals surface area contributed by atoms with Gasteiger partial charge in [0.1, 0.15) is 0 Å². The molecule has 7 nitrogen and oxygen atoms in total. The van der Waals surface area contributed by atoms with Gasteiger partial charge < -0.3 is 5.32 Å². The van der Waals surface area contributed by atoms with Crippen LogP contribution in [0.3, 0.4) is 0 Å². The van der Waals surface area contributed by atoms with Crippen LogP contribution < -0.4 is 5.32 Å². The molecule has 0 spiro atoms. The number of nitrogens with one attached hydrogen (secondary N) is 1. The van der Waals surface area contributed by atoms with E-state index in [4.69, 9.17) is 0 Å². The van der Waals surface area contributed by atoms with E-state index in [1.54, 1.807) is 17.1 Å². The van der Waals surface area contributed by atoms with Crippen LogP contribution in [0.4, 0.5) is 11.4 Å². The fourth-order valence-electron chi connectivity index (χ4n) is 1.98. The number of sulfone groups is 2. The average Bonchev–Trinajstić information content (AvgIpc) is 2.85. The first-order chi connectivity index (χ1) is 10.5. The molecule has 1 aromatic carbocycles. The van der Waals surface area contributed by atoms with Crippen molar-refractivity contribution in [3.05, 3.63) is 30.6 Å². The molecule has 0 atom stereocenters. The van der Waals surface area contributed by atoms with Gasteiger partial charge in [0, 0.05) is 24.8 Å². The van der Waals surface area contributed by atoms with Crippen molar-refractivity contribution in [3.63, 3.8) is 0 Å². The molecular weight excluding hydrogens is 338 g/mol. The first-order valence-electron chi connectivity index (χ1n) is 6.84. The molecule has 0 bridgehead atoms. The third-order valence-electron chi connectivity index (χ3n) is 3.19. The Hall–Kier alpha value is -1.87. The predicted octanol–water partition coefficient (Wildman–Crippen LogP) is 2.01. The molecule has 0 saturated heterocycles. The summed E-state index contributed by atoms with van der Waals surface area (Å²) in [6.07, 6.45) is 5.41. The SMILES string of the molecule is CC(C)n1cc(Nc2ccc(S(C)(=O)=O)cc2S(C)(=O)=O)cn1. The molecule has 23 heavy (non-hydrogen) atoms. The molecule has 0 fully saturated rings. The Morgan fingerprint density at radius 3 is 2.22 bits per heavy atom. The van der Waals surface area contributed by atoms with Gasteiger partial charge in [-0.15, -0.1) is 0 Å². The van der Waals surface area contributed by atoms with Crippen LogP contribution in [0, 0.1) is 0 Å². The second kappa shape index (κ2) is 5.97. The highest BCUT2D eigenvalue weighted by Gasteiger charge is 2.18. The lowest BCUT2D eigenvalue weighted by Crippen LogP contribution is -2.06. The Morgan fingerprint density at radius 2 is 1.74 bits per heavy atom. The molecule has 0 aliphatic carbocycles. The van der Waals surface area contributed by atoms with Crippen LogP contribution in [-0.2, 0) is 19.7 Å². The summed E-state index contributed by atoms with van der Waals surface area (Å²) in [5, 5.41) is 7.15. The van der Waals surface area contributed by atoms with E-state index < -0.39 is 19.7 Å². The number of aromatic nitrogens is 2. The summed E-state index contributed by atoms with van der Waals surface area (Å²) in [4.78, 5) is -0.112. The Morgan fingerprint density at radius 1 is 1.09 bits per heavy atom. The molecule has 1 aromatic heterocycles. The van der Waals surface area contributed by atoms with Gasteiger partial charge in [0.2, 0.25) is 0 Å². The zero-order valence-corrected chi connectivity index (χ0v) is 14.9. The van der Waals surface area contributed by atoms with Crippen molar-refractivity contribution in [2.75, 3.05) is 17.8 Å². The maximum atomic E-state index is 12.0. The normalized spacial score (nSPS) is 12.6.